The Labute approximate surface area is 234 Å². The van der Waals surface area contributed by atoms with Crippen LogP contribution in [-0.4, -0.2) is 87.0 Å². The Kier molecular flexibility index (Phi) is 8.70. The molecule has 3 heterocycles. The third-order valence-electron chi connectivity index (χ3n) is 7.49. The summed E-state index contributed by atoms with van der Waals surface area (Å²) in [5.41, 5.74) is 1.39. The van der Waals surface area contributed by atoms with Crippen LogP contribution in [0.25, 0.3) is 10.2 Å². The van der Waals surface area contributed by atoms with E-state index >= 15 is 0 Å². The zero-order valence-electron chi connectivity index (χ0n) is 22.6. The number of sulfonamides is 1. The first-order valence-electron chi connectivity index (χ1n) is 13.8. The number of piperidine rings is 1. The Morgan fingerprint density at radius 1 is 1.08 bits per heavy atom. The molecule has 11 heteroatoms. The zero-order valence-corrected chi connectivity index (χ0v) is 24.3. The maximum absolute atomic E-state index is 13.0. The SMILES string of the molecule is CCOc1cccc2sc(N3CCN(CCNC(=O)c4ccc(S(=O)(=O)N5CCCCC5C)cc4)CC3)nc12. The van der Waals surface area contributed by atoms with E-state index in [1.807, 2.05) is 26.0 Å². The van der Waals surface area contributed by atoms with Gasteiger partial charge in [-0.1, -0.05) is 23.8 Å². The van der Waals surface area contributed by atoms with Crippen molar-refractivity contribution < 1.29 is 17.9 Å². The molecule has 1 N–H and O–H groups in total. The van der Waals surface area contributed by atoms with Crippen LogP contribution in [0.4, 0.5) is 5.13 Å². The lowest BCUT2D eigenvalue weighted by molar-refractivity contribution is 0.0947. The molecule has 0 radical (unpaired) electrons. The fraction of sp³-hybridized carbons (Fsp3) is 0.500. The quantitative estimate of drug-likeness (QED) is 0.417. The molecule has 0 spiro atoms. The number of hydrogen-bond acceptors (Lipinski definition) is 8. The maximum atomic E-state index is 13.0. The number of hydrogen-bond donors (Lipinski definition) is 1. The molecule has 1 atom stereocenters. The standard InChI is InChI=1S/C28H37N5O4S2/c1-3-37-24-8-6-9-25-26(24)30-28(38-25)32-19-17-31(18-20-32)16-14-29-27(34)22-10-12-23(13-11-22)39(35,36)33-15-5-4-7-21(33)2/h6,8-13,21H,3-5,7,14-20H2,1-2H3,(H,29,34). The molecule has 1 unspecified atom stereocenters. The molecular weight excluding hydrogens is 534 g/mol. The first-order chi connectivity index (χ1) is 18.9. The molecule has 1 aromatic heterocycles. The number of benzene rings is 2. The first-order valence-corrected chi connectivity index (χ1v) is 16.0. The molecule has 39 heavy (non-hydrogen) atoms. The monoisotopic (exact) mass is 571 g/mol. The predicted molar refractivity (Wildman–Crippen MR) is 155 cm³/mol. The van der Waals surface area contributed by atoms with E-state index in [-0.39, 0.29) is 16.8 Å². The third-order valence-corrected chi connectivity index (χ3v) is 10.6. The predicted octanol–water partition coefficient (Wildman–Crippen LogP) is 3.81. The van der Waals surface area contributed by atoms with Gasteiger partial charge in [0.05, 0.1) is 16.2 Å². The van der Waals surface area contributed by atoms with E-state index in [1.165, 1.54) is 0 Å². The van der Waals surface area contributed by atoms with Gasteiger partial charge in [0, 0.05) is 57.4 Å². The molecule has 9 nitrogen and oxygen atoms in total. The fourth-order valence-electron chi connectivity index (χ4n) is 5.25. The van der Waals surface area contributed by atoms with Crippen LogP contribution >= 0.6 is 11.3 Å². The summed E-state index contributed by atoms with van der Waals surface area (Å²) in [6.07, 6.45) is 2.82. The van der Waals surface area contributed by atoms with Gasteiger partial charge in [0.2, 0.25) is 10.0 Å². The van der Waals surface area contributed by atoms with Gasteiger partial charge in [0.25, 0.3) is 5.91 Å². The number of para-hydroxylation sites is 1. The molecule has 2 aliphatic rings. The van der Waals surface area contributed by atoms with Crippen LogP contribution in [0.2, 0.25) is 0 Å². The van der Waals surface area contributed by atoms with Crippen molar-refractivity contribution in [3.8, 4) is 5.75 Å². The number of carbonyl (C=O) groups is 1. The highest BCUT2D eigenvalue weighted by Gasteiger charge is 2.31. The summed E-state index contributed by atoms with van der Waals surface area (Å²) < 4.78 is 34.5. The summed E-state index contributed by atoms with van der Waals surface area (Å²) in [4.78, 5) is 22.4. The number of ether oxygens (including phenoxy) is 1. The van der Waals surface area contributed by atoms with Crippen molar-refractivity contribution in [1.82, 2.24) is 19.5 Å². The first kappa shape index (κ1) is 27.8. The summed E-state index contributed by atoms with van der Waals surface area (Å²) in [7, 11) is -3.54. The number of rotatable bonds is 9. The number of nitrogens with one attached hydrogen (secondary N) is 1. The van der Waals surface area contributed by atoms with Crippen LogP contribution in [-0.2, 0) is 10.0 Å². The van der Waals surface area contributed by atoms with Crippen LogP contribution < -0.4 is 15.0 Å². The van der Waals surface area contributed by atoms with Crippen LogP contribution in [0.15, 0.2) is 47.4 Å². The van der Waals surface area contributed by atoms with E-state index in [0.717, 1.165) is 73.1 Å². The average molecular weight is 572 g/mol. The van der Waals surface area contributed by atoms with Gasteiger partial charge in [0.15, 0.2) is 5.13 Å². The molecule has 2 fully saturated rings. The van der Waals surface area contributed by atoms with Crippen molar-refractivity contribution in [3.05, 3.63) is 48.0 Å². The Hall–Kier alpha value is -2.73. The van der Waals surface area contributed by atoms with Crippen LogP contribution in [0.3, 0.4) is 0 Å². The van der Waals surface area contributed by atoms with Crippen LogP contribution in [0.5, 0.6) is 5.75 Å². The van der Waals surface area contributed by atoms with E-state index in [9.17, 15) is 13.2 Å². The van der Waals surface area contributed by atoms with E-state index in [2.05, 4.69) is 21.2 Å². The maximum Gasteiger partial charge on any atom is 0.251 e. The van der Waals surface area contributed by atoms with E-state index < -0.39 is 10.0 Å². The number of anilines is 1. The largest absolute Gasteiger partial charge is 0.492 e. The Morgan fingerprint density at radius 3 is 2.56 bits per heavy atom. The van der Waals surface area contributed by atoms with Gasteiger partial charge < -0.3 is 15.0 Å². The fourth-order valence-corrected chi connectivity index (χ4v) is 7.99. The lowest BCUT2D eigenvalue weighted by atomic mass is 10.1. The number of nitrogens with zero attached hydrogens (tertiary/aromatic N) is 4. The molecule has 2 aromatic carbocycles. The molecule has 3 aromatic rings. The van der Waals surface area contributed by atoms with Crippen LogP contribution in [0.1, 0.15) is 43.5 Å². The Morgan fingerprint density at radius 2 is 1.85 bits per heavy atom. The summed E-state index contributed by atoms with van der Waals surface area (Å²) in [5.74, 6) is 0.642. The van der Waals surface area contributed by atoms with Gasteiger partial charge in [-0.25, -0.2) is 13.4 Å². The Bertz CT molecular complexity index is 1380. The molecule has 1 amide bonds. The highest BCUT2D eigenvalue weighted by Crippen LogP contribution is 2.34. The minimum absolute atomic E-state index is 0.00282. The molecule has 0 bridgehead atoms. The van der Waals surface area contributed by atoms with E-state index in [0.29, 0.717) is 25.3 Å². The number of carbonyl (C=O) groups excluding carboxylic acids is 1. The smallest absolute Gasteiger partial charge is 0.251 e. The number of aromatic nitrogens is 1. The molecule has 0 saturated carbocycles. The van der Waals surface area contributed by atoms with Crippen molar-refractivity contribution in [2.75, 3.05) is 57.3 Å². The molecular formula is C28H37N5O4S2. The second-order valence-corrected chi connectivity index (χ2v) is 13.0. The van der Waals surface area contributed by atoms with Crippen molar-refractivity contribution in [2.24, 2.45) is 0 Å². The number of piperazine rings is 1. The number of amides is 1. The van der Waals surface area contributed by atoms with Crippen molar-refractivity contribution >= 4 is 42.6 Å². The third kappa shape index (κ3) is 6.21. The summed E-state index contributed by atoms with van der Waals surface area (Å²) in [6, 6.07) is 12.4. The van der Waals surface area contributed by atoms with Crippen molar-refractivity contribution in [1.29, 1.82) is 0 Å². The lowest BCUT2D eigenvalue weighted by Gasteiger charge is -2.34. The van der Waals surface area contributed by atoms with Gasteiger partial charge in [-0.05, 0) is 63.1 Å². The highest BCUT2D eigenvalue weighted by atomic mass is 32.2. The topological polar surface area (TPSA) is 95.1 Å². The van der Waals surface area contributed by atoms with Crippen molar-refractivity contribution in [3.63, 3.8) is 0 Å². The minimum atomic E-state index is -3.54. The van der Waals surface area contributed by atoms with Gasteiger partial charge in [-0.3, -0.25) is 9.69 Å². The average Bonchev–Trinajstić information content (AvgIpc) is 3.39. The van der Waals surface area contributed by atoms with E-state index in [1.54, 1.807) is 39.9 Å². The van der Waals surface area contributed by atoms with E-state index in [4.69, 9.17) is 9.72 Å². The lowest BCUT2D eigenvalue weighted by Crippen LogP contribution is -2.48. The summed E-state index contributed by atoms with van der Waals surface area (Å²) >= 11 is 1.69. The van der Waals surface area contributed by atoms with Gasteiger partial charge >= 0.3 is 0 Å². The number of fused-ring (bicyclic) bond motifs is 1. The summed E-state index contributed by atoms with van der Waals surface area (Å²) in [6.45, 7) is 9.94. The normalized spacial score (nSPS) is 19.3. The second-order valence-electron chi connectivity index (χ2n) is 10.1. The molecule has 2 aliphatic heterocycles. The zero-order chi connectivity index (χ0) is 27.4. The Balaban J connectivity index is 1.09. The second kappa shape index (κ2) is 12.2. The highest BCUT2D eigenvalue weighted by molar-refractivity contribution is 7.89. The molecule has 2 saturated heterocycles. The molecule has 5 rings (SSSR count). The van der Waals surface area contributed by atoms with Crippen LogP contribution in [0, 0.1) is 0 Å². The summed E-state index contributed by atoms with van der Waals surface area (Å²) in [5, 5.41) is 3.99. The molecule has 0 aliphatic carbocycles. The number of thiazole rings is 1. The molecule has 210 valence electrons. The minimum Gasteiger partial charge on any atom is -0.492 e. The van der Waals surface area contributed by atoms with Gasteiger partial charge in [-0.15, -0.1) is 0 Å². The van der Waals surface area contributed by atoms with Gasteiger partial charge in [-0.2, -0.15) is 4.31 Å². The van der Waals surface area contributed by atoms with Gasteiger partial charge in [0.1, 0.15) is 11.3 Å². The van der Waals surface area contributed by atoms with Crippen molar-refractivity contribution in [2.45, 2.75) is 44.0 Å².